The van der Waals surface area contributed by atoms with Crippen molar-refractivity contribution < 1.29 is 19.1 Å². The van der Waals surface area contributed by atoms with E-state index in [9.17, 15) is 14.4 Å². The number of hydrogen-bond donors (Lipinski definition) is 2. The molecule has 7 nitrogen and oxygen atoms in total. The number of alkyl carbamates (subject to hydrolysis) is 1. The first-order chi connectivity index (χ1) is 14.6. The largest absolute Gasteiger partial charge is 0.444 e. The van der Waals surface area contributed by atoms with E-state index in [0.29, 0.717) is 13.0 Å². The number of nitrogens with one attached hydrogen (secondary N) is 2. The van der Waals surface area contributed by atoms with Crippen LogP contribution in [0.15, 0.2) is 12.7 Å². The highest BCUT2D eigenvalue weighted by Gasteiger charge is 2.41. The third-order valence-electron chi connectivity index (χ3n) is 6.09. The maximum atomic E-state index is 13.6. The molecule has 3 amide bonds. The Balaban J connectivity index is 2.10. The van der Waals surface area contributed by atoms with E-state index in [1.165, 1.54) is 0 Å². The number of carbonyl (C=O) groups is 3. The van der Waals surface area contributed by atoms with Gasteiger partial charge >= 0.3 is 6.09 Å². The van der Waals surface area contributed by atoms with Gasteiger partial charge < -0.3 is 20.3 Å². The molecular formula is C24H41N3O4. The molecule has 1 saturated carbocycles. The summed E-state index contributed by atoms with van der Waals surface area (Å²) in [6.07, 6.45) is 9.40. The van der Waals surface area contributed by atoms with E-state index in [0.717, 1.165) is 51.4 Å². The summed E-state index contributed by atoms with van der Waals surface area (Å²) < 4.78 is 5.43. The Morgan fingerprint density at radius 2 is 1.77 bits per heavy atom. The summed E-state index contributed by atoms with van der Waals surface area (Å²) in [7, 11) is 0. The number of amides is 3. The second-order valence-electron chi connectivity index (χ2n) is 9.99. The molecule has 176 valence electrons. The summed E-state index contributed by atoms with van der Waals surface area (Å²) in [5, 5.41) is 5.89. The lowest BCUT2D eigenvalue weighted by atomic mass is 9.83. The number of allylic oxidation sites excluding steroid dienone is 1. The molecule has 0 aromatic rings. The normalized spacial score (nSPS) is 21.8. The van der Waals surface area contributed by atoms with Crippen molar-refractivity contribution in [2.75, 3.05) is 6.54 Å². The standard InChI is InChI=1S/C24H41N3O4/c1-6-7-12-17(2)25-21(28)19-15-11-16-27(19)22(29)20(18-13-9-8-10-14-18)26-23(30)31-24(3,4)5/h6,17-20H,1,7-16H2,2-5H3,(H,25,28)(H,26,30). The van der Waals surface area contributed by atoms with Crippen LogP contribution in [-0.4, -0.2) is 53.1 Å². The molecule has 2 N–H and O–H groups in total. The molecule has 2 rings (SSSR count). The smallest absolute Gasteiger partial charge is 0.408 e. The summed E-state index contributed by atoms with van der Waals surface area (Å²) in [4.78, 5) is 40.7. The predicted molar refractivity (Wildman–Crippen MR) is 122 cm³/mol. The van der Waals surface area contributed by atoms with Crippen LogP contribution in [0.4, 0.5) is 4.79 Å². The molecular weight excluding hydrogens is 394 g/mol. The summed E-state index contributed by atoms with van der Waals surface area (Å²) in [5.41, 5.74) is -0.637. The Morgan fingerprint density at radius 1 is 1.10 bits per heavy atom. The minimum Gasteiger partial charge on any atom is -0.444 e. The van der Waals surface area contributed by atoms with E-state index in [-0.39, 0.29) is 23.8 Å². The fourth-order valence-electron chi connectivity index (χ4n) is 4.54. The van der Waals surface area contributed by atoms with Gasteiger partial charge in [0.1, 0.15) is 17.7 Å². The van der Waals surface area contributed by atoms with E-state index < -0.39 is 23.8 Å². The Labute approximate surface area is 187 Å². The van der Waals surface area contributed by atoms with Crippen LogP contribution in [0.25, 0.3) is 0 Å². The van der Waals surface area contributed by atoms with Gasteiger partial charge in [0, 0.05) is 12.6 Å². The molecule has 0 spiro atoms. The van der Waals surface area contributed by atoms with Crippen molar-refractivity contribution >= 4 is 17.9 Å². The Bertz CT molecular complexity index is 637. The number of hydrogen-bond acceptors (Lipinski definition) is 4. The molecule has 0 bridgehead atoms. The van der Waals surface area contributed by atoms with E-state index in [1.54, 1.807) is 25.7 Å². The van der Waals surface area contributed by atoms with Gasteiger partial charge in [0.05, 0.1) is 0 Å². The lowest BCUT2D eigenvalue weighted by Crippen LogP contribution is -2.57. The van der Waals surface area contributed by atoms with E-state index in [1.807, 2.05) is 13.0 Å². The first-order valence-electron chi connectivity index (χ1n) is 11.8. The maximum Gasteiger partial charge on any atom is 0.408 e. The van der Waals surface area contributed by atoms with Gasteiger partial charge in [0.2, 0.25) is 11.8 Å². The van der Waals surface area contributed by atoms with Crippen LogP contribution in [0.5, 0.6) is 0 Å². The van der Waals surface area contributed by atoms with Crippen LogP contribution < -0.4 is 10.6 Å². The summed E-state index contributed by atoms with van der Waals surface area (Å²) in [6.45, 7) is 11.6. The quantitative estimate of drug-likeness (QED) is 0.566. The van der Waals surface area contributed by atoms with Crippen LogP contribution >= 0.6 is 0 Å². The van der Waals surface area contributed by atoms with Crippen LogP contribution in [0, 0.1) is 5.92 Å². The van der Waals surface area contributed by atoms with Gasteiger partial charge in [-0.3, -0.25) is 9.59 Å². The molecule has 1 saturated heterocycles. The van der Waals surface area contributed by atoms with Gasteiger partial charge in [-0.15, -0.1) is 6.58 Å². The molecule has 2 fully saturated rings. The molecule has 3 unspecified atom stereocenters. The molecule has 31 heavy (non-hydrogen) atoms. The summed E-state index contributed by atoms with van der Waals surface area (Å²) in [6, 6.07) is -1.11. The second-order valence-corrected chi connectivity index (χ2v) is 9.99. The van der Waals surface area contributed by atoms with Gasteiger partial charge in [-0.25, -0.2) is 4.79 Å². The zero-order valence-corrected chi connectivity index (χ0v) is 19.7. The third kappa shape index (κ3) is 7.86. The Kier molecular flexibility index (Phi) is 9.38. The molecule has 1 heterocycles. The lowest BCUT2D eigenvalue weighted by Gasteiger charge is -2.35. The highest BCUT2D eigenvalue weighted by atomic mass is 16.6. The summed E-state index contributed by atoms with van der Waals surface area (Å²) >= 11 is 0. The minimum absolute atomic E-state index is 0.0251. The molecule has 0 aromatic heterocycles. The van der Waals surface area contributed by atoms with E-state index >= 15 is 0 Å². The van der Waals surface area contributed by atoms with Crippen molar-refractivity contribution in [3.05, 3.63) is 12.7 Å². The fourth-order valence-corrected chi connectivity index (χ4v) is 4.54. The average molecular weight is 436 g/mol. The first-order valence-corrected chi connectivity index (χ1v) is 11.8. The molecule has 1 aliphatic heterocycles. The van der Waals surface area contributed by atoms with Crippen molar-refractivity contribution in [3.8, 4) is 0 Å². The highest BCUT2D eigenvalue weighted by Crippen LogP contribution is 2.29. The van der Waals surface area contributed by atoms with Gasteiger partial charge in [-0.1, -0.05) is 25.3 Å². The van der Waals surface area contributed by atoms with Gasteiger partial charge in [0.25, 0.3) is 0 Å². The zero-order valence-electron chi connectivity index (χ0n) is 19.7. The third-order valence-corrected chi connectivity index (χ3v) is 6.09. The highest BCUT2D eigenvalue weighted by molar-refractivity contribution is 5.92. The predicted octanol–water partition coefficient (Wildman–Crippen LogP) is 3.92. The topological polar surface area (TPSA) is 87.7 Å². The minimum atomic E-state index is -0.651. The van der Waals surface area contributed by atoms with Crippen LogP contribution in [0.2, 0.25) is 0 Å². The van der Waals surface area contributed by atoms with Crippen molar-refractivity contribution in [1.82, 2.24) is 15.5 Å². The number of carbonyl (C=O) groups excluding carboxylic acids is 3. The molecule has 7 heteroatoms. The second kappa shape index (κ2) is 11.5. The van der Waals surface area contributed by atoms with Gasteiger partial charge in [-0.2, -0.15) is 0 Å². The van der Waals surface area contributed by atoms with Gasteiger partial charge in [-0.05, 0) is 72.1 Å². The average Bonchev–Trinajstić information content (AvgIpc) is 3.19. The zero-order chi connectivity index (χ0) is 23.0. The molecule has 0 radical (unpaired) electrons. The summed E-state index contributed by atoms with van der Waals surface area (Å²) in [5.74, 6) is -0.194. The Morgan fingerprint density at radius 3 is 2.39 bits per heavy atom. The fraction of sp³-hybridized carbons (Fsp3) is 0.792. The van der Waals surface area contributed by atoms with Crippen molar-refractivity contribution in [3.63, 3.8) is 0 Å². The Hall–Kier alpha value is -2.05. The van der Waals surface area contributed by atoms with Crippen LogP contribution in [0.3, 0.4) is 0 Å². The number of rotatable bonds is 8. The molecule has 1 aliphatic carbocycles. The SMILES string of the molecule is C=CCCC(C)NC(=O)C1CCCN1C(=O)C(NC(=O)OC(C)(C)C)C1CCCCC1. The lowest BCUT2D eigenvalue weighted by molar-refractivity contribution is -0.141. The monoisotopic (exact) mass is 435 g/mol. The van der Waals surface area contributed by atoms with Gasteiger partial charge in [0.15, 0.2) is 0 Å². The van der Waals surface area contributed by atoms with E-state index in [2.05, 4.69) is 17.2 Å². The van der Waals surface area contributed by atoms with Crippen LogP contribution in [0.1, 0.15) is 85.5 Å². The van der Waals surface area contributed by atoms with Crippen molar-refractivity contribution in [2.45, 2.75) is 109 Å². The number of likely N-dealkylation sites (tertiary alicyclic amines) is 1. The maximum absolute atomic E-state index is 13.6. The first kappa shape index (κ1) is 25.2. The van der Waals surface area contributed by atoms with E-state index in [4.69, 9.17) is 4.74 Å². The molecule has 2 aliphatic rings. The van der Waals surface area contributed by atoms with Crippen molar-refractivity contribution in [1.29, 1.82) is 0 Å². The number of ether oxygens (including phenoxy) is 1. The van der Waals surface area contributed by atoms with Crippen molar-refractivity contribution in [2.24, 2.45) is 5.92 Å². The molecule has 3 atom stereocenters. The number of nitrogens with zero attached hydrogens (tertiary/aromatic N) is 1. The van der Waals surface area contributed by atoms with Crippen LogP contribution in [-0.2, 0) is 14.3 Å². The molecule has 0 aromatic carbocycles.